The summed E-state index contributed by atoms with van der Waals surface area (Å²) in [4.78, 5) is 12.3. The molecule has 1 aromatic heterocycles. The molecule has 5 nitrogen and oxygen atoms in total. The molecule has 1 heterocycles. The summed E-state index contributed by atoms with van der Waals surface area (Å²) >= 11 is 2.01. The van der Waals surface area contributed by atoms with Gasteiger partial charge in [-0.1, -0.05) is 6.92 Å². The van der Waals surface area contributed by atoms with Gasteiger partial charge in [0.15, 0.2) is 5.69 Å². The van der Waals surface area contributed by atoms with Gasteiger partial charge in [-0.25, -0.2) is 13.6 Å². The van der Waals surface area contributed by atoms with E-state index in [1.54, 1.807) is 13.8 Å². The predicted octanol–water partition coefficient (Wildman–Crippen LogP) is 3.65. The summed E-state index contributed by atoms with van der Waals surface area (Å²) in [5.74, 6) is -3.17. The molecule has 0 amide bonds. The van der Waals surface area contributed by atoms with Crippen molar-refractivity contribution >= 4 is 28.6 Å². The minimum absolute atomic E-state index is 0.216. The van der Waals surface area contributed by atoms with E-state index in [4.69, 9.17) is 4.74 Å². The van der Waals surface area contributed by atoms with Gasteiger partial charge in [-0.2, -0.15) is 10.4 Å². The van der Waals surface area contributed by atoms with Gasteiger partial charge in [0.05, 0.1) is 21.9 Å². The molecule has 24 heavy (non-hydrogen) atoms. The molecule has 2 saturated carbocycles. The van der Waals surface area contributed by atoms with Crippen LogP contribution in [0.2, 0.25) is 0 Å². The largest absolute Gasteiger partial charge is 0.461 e. The highest BCUT2D eigenvalue weighted by atomic mass is 127. The molecule has 1 aromatic rings. The minimum Gasteiger partial charge on any atom is -0.461 e. The van der Waals surface area contributed by atoms with Gasteiger partial charge in [-0.3, -0.25) is 4.68 Å². The molecule has 0 bridgehead atoms. The van der Waals surface area contributed by atoms with Gasteiger partial charge in [-0.05, 0) is 47.8 Å². The standard InChI is InChI=1S/C16H18F2IN3O2/c1-3-24-13(23)11-10(19)12(15(8-20)4-5-15)21-22(11)9-14(2)6-16(17,18)7-14/h3-7,9H2,1-2H3. The number of esters is 1. The summed E-state index contributed by atoms with van der Waals surface area (Å²) in [6, 6.07) is 2.27. The van der Waals surface area contributed by atoms with Crippen LogP contribution < -0.4 is 0 Å². The van der Waals surface area contributed by atoms with Gasteiger partial charge < -0.3 is 4.74 Å². The Bertz CT molecular complexity index is 726. The van der Waals surface area contributed by atoms with E-state index in [2.05, 4.69) is 11.2 Å². The van der Waals surface area contributed by atoms with E-state index >= 15 is 0 Å². The highest BCUT2D eigenvalue weighted by Gasteiger charge is 2.55. The summed E-state index contributed by atoms with van der Waals surface area (Å²) in [6.07, 6.45) is 0.955. The zero-order valence-corrected chi connectivity index (χ0v) is 15.7. The first-order valence-corrected chi connectivity index (χ1v) is 8.96. The summed E-state index contributed by atoms with van der Waals surface area (Å²) in [5, 5.41) is 13.9. The molecule has 3 rings (SSSR count). The number of ether oxygens (including phenoxy) is 1. The number of alkyl halides is 2. The Labute approximate surface area is 152 Å². The van der Waals surface area contributed by atoms with Crippen LogP contribution in [0.3, 0.4) is 0 Å². The first-order chi connectivity index (χ1) is 11.2. The molecule has 0 saturated heterocycles. The van der Waals surface area contributed by atoms with Crippen molar-refractivity contribution in [2.75, 3.05) is 6.61 Å². The summed E-state index contributed by atoms with van der Waals surface area (Å²) in [7, 11) is 0. The number of carbonyl (C=O) groups is 1. The second kappa shape index (κ2) is 5.64. The molecule has 0 aromatic carbocycles. The van der Waals surface area contributed by atoms with Crippen molar-refractivity contribution in [2.45, 2.75) is 57.4 Å². The fraction of sp³-hybridized carbons (Fsp3) is 0.688. The van der Waals surface area contributed by atoms with Crippen LogP contribution in [0.1, 0.15) is 55.7 Å². The molecule has 130 valence electrons. The predicted molar refractivity (Wildman–Crippen MR) is 89.7 cm³/mol. The van der Waals surface area contributed by atoms with Crippen molar-refractivity contribution in [1.82, 2.24) is 9.78 Å². The lowest BCUT2D eigenvalue weighted by molar-refractivity contribution is -0.160. The van der Waals surface area contributed by atoms with E-state index in [0.717, 1.165) is 0 Å². The van der Waals surface area contributed by atoms with Crippen LogP contribution in [0.25, 0.3) is 0 Å². The Hall–Kier alpha value is -1.24. The van der Waals surface area contributed by atoms with Gasteiger partial charge >= 0.3 is 5.97 Å². The zero-order valence-electron chi connectivity index (χ0n) is 13.5. The second-order valence-corrected chi connectivity index (χ2v) is 8.18. The SMILES string of the molecule is CCOC(=O)c1c(I)c(C2(C#N)CC2)nn1CC1(C)CC(F)(F)C1. The first-order valence-electron chi connectivity index (χ1n) is 7.88. The Morgan fingerprint density at radius 2 is 2.08 bits per heavy atom. The number of rotatable bonds is 5. The molecular weight excluding hydrogens is 431 g/mol. The van der Waals surface area contributed by atoms with Crippen molar-refractivity contribution in [1.29, 1.82) is 5.26 Å². The lowest BCUT2D eigenvalue weighted by atomic mass is 9.67. The maximum Gasteiger partial charge on any atom is 0.357 e. The number of nitriles is 1. The zero-order chi connectivity index (χ0) is 17.8. The Morgan fingerprint density at radius 1 is 1.46 bits per heavy atom. The molecule has 2 aliphatic rings. The molecule has 8 heteroatoms. The molecular formula is C16H18F2IN3O2. The summed E-state index contributed by atoms with van der Waals surface area (Å²) < 4.78 is 33.7. The highest BCUT2D eigenvalue weighted by Crippen LogP contribution is 2.53. The van der Waals surface area contributed by atoms with E-state index in [0.29, 0.717) is 22.1 Å². The minimum atomic E-state index is -2.65. The highest BCUT2D eigenvalue weighted by molar-refractivity contribution is 14.1. The van der Waals surface area contributed by atoms with Crippen molar-refractivity contribution < 1.29 is 18.3 Å². The topological polar surface area (TPSA) is 67.9 Å². The van der Waals surface area contributed by atoms with E-state index in [-0.39, 0.29) is 31.7 Å². The smallest absolute Gasteiger partial charge is 0.357 e. The van der Waals surface area contributed by atoms with Crippen LogP contribution in [0.4, 0.5) is 8.78 Å². The lowest BCUT2D eigenvalue weighted by Crippen LogP contribution is -2.47. The summed E-state index contributed by atoms with van der Waals surface area (Å²) in [6.45, 7) is 3.91. The van der Waals surface area contributed by atoms with Gasteiger partial charge in [0.1, 0.15) is 5.41 Å². The van der Waals surface area contributed by atoms with Gasteiger partial charge in [0, 0.05) is 19.4 Å². The van der Waals surface area contributed by atoms with Crippen LogP contribution in [-0.2, 0) is 16.7 Å². The second-order valence-electron chi connectivity index (χ2n) is 7.10. The van der Waals surface area contributed by atoms with Crippen LogP contribution in [-0.4, -0.2) is 28.3 Å². The van der Waals surface area contributed by atoms with Gasteiger partial charge in [0.25, 0.3) is 0 Å². The molecule has 2 fully saturated rings. The van der Waals surface area contributed by atoms with Crippen LogP contribution in [0, 0.1) is 20.3 Å². The van der Waals surface area contributed by atoms with Gasteiger partial charge in [0.2, 0.25) is 5.92 Å². The Balaban J connectivity index is 1.97. The molecule has 0 N–H and O–H groups in total. The van der Waals surface area contributed by atoms with Crippen molar-refractivity contribution in [3.05, 3.63) is 15.0 Å². The van der Waals surface area contributed by atoms with E-state index in [9.17, 15) is 18.8 Å². The summed E-state index contributed by atoms with van der Waals surface area (Å²) in [5.41, 5.74) is -0.415. The third kappa shape index (κ3) is 2.91. The molecule has 0 atom stereocenters. The maximum absolute atomic E-state index is 13.3. The molecule has 0 aliphatic heterocycles. The van der Waals surface area contributed by atoms with E-state index in [1.165, 1.54) is 4.68 Å². The Morgan fingerprint density at radius 3 is 2.54 bits per heavy atom. The molecule has 2 aliphatic carbocycles. The third-order valence-corrected chi connectivity index (χ3v) is 5.70. The van der Waals surface area contributed by atoms with Crippen molar-refractivity contribution in [3.8, 4) is 6.07 Å². The third-order valence-electron chi connectivity index (χ3n) is 4.68. The number of hydrogen-bond acceptors (Lipinski definition) is 4. The first kappa shape index (κ1) is 17.6. The average Bonchev–Trinajstić information content (AvgIpc) is 3.17. The van der Waals surface area contributed by atoms with Crippen molar-refractivity contribution in [2.24, 2.45) is 5.41 Å². The lowest BCUT2D eigenvalue weighted by Gasteiger charge is -2.44. The number of nitrogens with zero attached hydrogens (tertiary/aromatic N) is 3. The molecule has 0 spiro atoms. The fourth-order valence-electron chi connectivity index (χ4n) is 3.45. The van der Waals surface area contributed by atoms with Crippen LogP contribution in [0.15, 0.2) is 0 Å². The van der Waals surface area contributed by atoms with Crippen molar-refractivity contribution in [3.63, 3.8) is 0 Å². The maximum atomic E-state index is 13.3. The number of hydrogen-bond donors (Lipinski definition) is 0. The Kier molecular flexibility index (Phi) is 4.13. The normalized spacial score (nSPS) is 22.3. The molecule has 0 radical (unpaired) electrons. The van der Waals surface area contributed by atoms with Crippen LogP contribution in [0.5, 0.6) is 0 Å². The fourth-order valence-corrected chi connectivity index (χ4v) is 4.57. The monoisotopic (exact) mass is 449 g/mol. The quantitative estimate of drug-likeness (QED) is 0.509. The average molecular weight is 449 g/mol. The number of halogens is 3. The number of aromatic nitrogens is 2. The van der Waals surface area contributed by atoms with E-state index in [1.807, 2.05) is 22.6 Å². The van der Waals surface area contributed by atoms with Gasteiger partial charge in [-0.15, -0.1) is 0 Å². The molecule has 0 unspecified atom stereocenters. The number of carbonyl (C=O) groups excluding carboxylic acids is 1. The van der Waals surface area contributed by atoms with E-state index < -0.39 is 22.7 Å². The van der Waals surface area contributed by atoms with Crippen LogP contribution >= 0.6 is 22.6 Å².